The summed E-state index contributed by atoms with van der Waals surface area (Å²) in [5.41, 5.74) is 0.210. The first kappa shape index (κ1) is 18.2. The molecule has 2 aromatic rings. The molecule has 1 N–H and O–H groups in total. The van der Waals surface area contributed by atoms with Crippen molar-refractivity contribution in [2.24, 2.45) is 17.3 Å². The van der Waals surface area contributed by atoms with Crippen LogP contribution in [-0.2, 0) is 9.31 Å². The highest BCUT2D eigenvalue weighted by molar-refractivity contribution is 6.48. The molecule has 6 heteroatoms. The van der Waals surface area contributed by atoms with Gasteiger partial charge in [-0.2, -0.15) is 0 Å². The molecule has 1 aromatic heterocycles. The number of rotatable bonds is 3. The van der Waals surface area contributed by atoms with Crippen LogP contribution in [0, 0.1) is 17.3 Å². The molecule has 3 aliphatic carbocycles. The third-order valence-electron chi connectivity index (χ3n) is 7.24. The van der Waals surface area contributed by atoms with Crippen molar-refractivity contribution in [1.29, 1.82) is 0 Å². The van der Waals surface area contributed by atoms with Crippen molar-refractivity contribution < 1.29 is 13.7 Å². The van der Waals surface area contributed by atoms with Gasteiger partial charge in [0.2, 0.25) is 0 Å². The van der Waals surface area contributed by atoms with Crippen molar-refractivity contribution in [2.75, 3.05) is 5.32 Å². The number of hydrogen-bond donors (Lipinski definition) is 1. The van der Waals surface area contributed by atoms with Crippen LogP contribution in [0.5, 0.6) is 0 Å². The second kappa shape index (κ2) is 5.92. The number of hydrogen-bond acceptors (Lipinski definition) is 4. The largest absolute Gasteiger partial charge is 0.481 e. The number of halogens is 1. The Morgan fingerprint density at radius 2 is 1.96 bits per heavy atom. The summed E-state index contributed by atoms with van der Waals surface area (Å²) in [6, 6.07) is 8.18. The smallest absolute Gasteiger partial charge is 0.448 e. The van der Waals surface area contributed by atoms with E-state index in [0.717, 1.165) is 29.0 Å². The van der Waals surface area contributed by atoms with Crippen LogP contribution in [0.1, 0.15) is 40.5 Å². The highest BCUT2D eigenvalue weighted by Crippen LogP contribution is 2.65. The van der Waals surface area contributed by atoms with Gasteiger partial charge in [-0.3, -0.25) is 0 Å². The number of furan rings is 1. The predicted octanol–water partition coefficient (Wildman–Crippen LogP) is 4.92. The molecule has 0 radical (unpaired) electrons. The fourth-order valence-electron chi connectivity index (χ4n) is 5.49. The van der Waals surface area contributed by atoms with Gasteiger partial charge in [0.15, 0.2) is 5.88 Å². The van der Waals surface area contributed by atoms with Crippen molar-refractivity contribution in [3.8, 4) is 0 Å². The highest BCUT2D eigenvalue weighted by atomic mass is 35.5. The Kier molecular flexibility index (Phi) is 4.14. The minimum atomic E-state index is -0.242. The van der Waals surface area contributed by atoms with Crippen molar-refractivity contribution in [3.63, 3.8) is 0 Å². The van der Waals surface area contributed by atoms with Crippen molar-refractivity contribution >= 4 is 36.2 Å². The second-order valence-corrected chi connectivity index (χ2v) is 8.92. The predicted molar refractivity (Wildman–Crippen MR) is 107 cm³/mol. The Hall–Kier alpha value is -1.17. The molecule has 1 saturated heterocycles. The number of nitrogens with one attached hydrogen (secondary N) is 1. The third-order valence-corrected chi connectivity index (χ3v) is 7.24. The SMILES string of the molecule is C[C@H](Nc1occ2ccccc12)B1O[C@@H]2C[C@@H]3C[C@@H](C3(C)C)[C@]2(C)O1.Cl. The molecule has 4 nitrogen and oxygen atoms in total. The normalized spacial score (nSPS) is 35.4. The third kappa shape index (κ3) is 2.37. The maximum atomic E-state index is 6.53. The van der Waals surface area contributed by atoms with Gasteiger partial charge in [0, 0.05) is 10.8 Å². The monoisotopic (exact) mass is 375 g/mol. The summed E-state index contributed by atoms with van der Waals surface area (Å²) in [4.78, 5) is 0. The van der Waals surface area contributed by atoms with Crippen LogP contribution >= 0.6 is 12.4 Å². The molecule has 0 amide bonds. The summed E-state index contributed by atoms with van der Waals surface area (Å²) < 4.78 is 18.6. The number of benzene rings is 1. The fraction of sp³-hybridized carbons (Fsp3) is 0.600. The standard InChI is InChI=1S/C20H26BNO3.ClH/c1-12(22-18-15-8-6-5-7-13(15)11-23-18)21-24-17-10-14-9-16(19(14,2)3)20(17,4)25-21;/h5-8,11-12,14,16-17,22H,9-10H2,1-4H3;1H/t12-,14-,16-,17+,20-;/m0./s1. The Bertz CT molecular complexity index is 824. The molecule has 1 aliphatic heterocycles. The van der Waals surface area contributed by atoms with E-state index in [1.54, 1.807) is 6.26 Å². The summed E-state index contributed by atoms with van der Waals surface area (Å²) in [6.07, 6.45) is 4.40. The van der Waals surface area contributed by atoms with Crippen LogP contribution < -0.4 is 5.32 Å². The van der Waals surface area contributed by atoms with E-state index in [0.29, 0.717) is 11.3 Å². The Balaban J connectivity index is 0.00000168. The lowest BCUT2D eigenvalue weighted by Crippen LogP contribution is -2.65. The first-order chi connectivity index (χ1) is 11.9. The summed E-state index contributed by atoms with van der Waals surface area (Å²) in [5, 5.41) is 5.67. The quantitative estimate of drug-likeness (QED) is 0.773. The number of anilines is 1. The molecule has 3 saturated carbocycles. The van der Waals surface area contributed by atoms with E-state index in [1.807, 2.05) is 12.1 Å². The van der Waals surface area contributed by atoms with Gasteiger partial charge in [-0.25, -0.2) is 0 Å². The van der Waals surface area contributed by atoms with Gasteiger partial charge in [-0.15, -0.1) is 12.4 Å². The van der Waals surface area contributed by atoms with Gasteiger partial charge in [-0.05, 0) is 50.0 Å². The summed E-state index contributed by atoms with van der Waals surface area (Å²) in [7, 11) is -0.242. The van der Waals surface area contributed by atoms with Crippen molar-refractivity contribution in [3.05, 3.63) is 30.5 Å². The highest BCUT2D eigenvalue weighted by Gasteiger charge is 2.68. The van der Waals surface area contributed by atoms with Gasteiger partial charge in [-0.1, -0.05) is 32.0 Å². The molecule has 6 rings (SSSR count). The van der Waals surface area contributed by atoms with E-state index in [-0.39, 0.29) is 37.2 Å². The fourth-order valence-corrected chi connectivity index (χ4v) is 5.49. The minimum absolute atomic E-state index is 0. The Morgan fingerprint density at radius 3 is 2.73 bits per heavy atom. The van der Waals surface area contributed by atoms with Gasteiger partial charge < -0.3 is 19.0 Å². The molecule has 140 valence electrons. The lowest BCUT2D eigenvalue weighted by atomic mass is 9.43. The first-order valence-corrected chi connectivity index (χ1v) is 9.45. The van der Waals surface area contributed by atoms with Gasteiger partial charge in [0.1, 0.15) is 6.26 Å². The van der Waals surface area contributed by atoms with Gasteiger partial charge in [0.05, 0.1) is 17.6 Å². The zero-order chi connectivity index (χ0) is 17.4. The lowest BCUT2D eigenvalue weighted by Gasteiger charge is -2.64. The molecule has 2 heterocycles. The van der Waals surface area contributed by atoms with E-state index in [1.165, 1.54) is 6.42 Å². The van der Waals surface area contributed by atoms with Crippen LogP contribution in [0.4, 0.5) is 5.88 Å². The van der Waals surface area contributed by atoms with Crippen LogP contribution in [0.3, 0.4) is 0 Å². The van der Waals surface area contributed by atoms with Crippen LogP contribution in [0.15, 0.2) is 34.9 Å². The summed E-state index contributed by atoms with van der Waals surface area (Å²) in [5.74, 6) is 2.18. The molecule has 4 fully saturated rings. The van der Waals surface area contributed by atoms with Crippen LogP contribution in [0.2, 0.25) is 0 Å². The molecule has 0 unspecified atom stereocenters. The molecule has 0 spiro atoms. The topological polar surface area (TPSA) is 43.6 Å². The summed E-state index contributed by atoms with van der Waals surface area (Å²) >= 11 is 0. The van der Waals surface area contributed by atoms with Crippen LogP contribution in [0.25, 0.3) is 10.8 Å². The maximum Gasteiger partial charge on any atom is 0.481 e. The lowest BCUT2D eigenvalue weighted by molar-refractivity contribution is -0.199. The zero-order valence-electron chi connectivity index (χ0n) is 15.8. The maximum absolute atomic E-state index is 6.53. The van der Waals surface area contributed by atoms with Crippen molar-refractivity contribution in [1.82, 2.24) is 0 Å². The second-order valence-electron chi connectivity index (χ2n) is 8.92. The zero-order valence-corrected chi connectivity index (χ0v) is 16.6. The van der Waals surface area contributed by atoms with E-state index in [9.17, 15) is 0 Å². The van der Waals surface area contributed by atoms with Crippen LogP contribution in [-0.4, -0.2) is 24.8 Å². The molecular formula is C20H27BClNO3. The molecule has 5 atom stereocenters. The molecule has 4 aliphatic rings. The minimum Gasteiger partial charge on any atom is -0.448 e. The van der Waals surface area contributed by atoms with Gasteiger partial charge >= 0.3 is 7.12 Å². The van der Waals surface area contributed by atoms with Gasteiger partial charge in [0.25, 0.3) is 0 Å². The van der Waals surface area contributed by atoms with E-state index in [4.69, 9.17) is 13.7 Å². The summed E-state index contributed by atoms with van der Waals surface area (Å²) in [6.45, 7) is 9.15. The first-order valence-electron chi connectivity index (χ1n) is 9.45. The average Bonchev–Trinajstić information content (AvgIpc) is 3.15. The Morgan fingerprint density at radius 1 is 1.19 bits per heavy atom. The van der Waals surface area contributed by atoms with E-state index < -0.39 is 0 Å². The van der Waals surface area contributed by atoms with Crippen molar-refractivity contribution in [2.45, 2.75) is 58.2 Å². The molecule has 26 heavy (non-hydrogen) atoms. The van der Waals surface area contributed by atoms with E-state index in [2.05, 4.69) is 45.1 Å². The number of fused-ring (bicyclic) bond motifs is 1. The molecule has 1 aromatic carbocycles. The average molecular weight is 376 g/mol. The molecular weight excluding hydrogens is 348 g/mol. The van der Waals surface area contributed by atoms with E-state index >= 15 is 0 Å². The molecule has 2 bridgehead atoms. The Labute approximate surface area is 161 Å².